The minimum atomic E-state index is -3.54. The van der Waals surface area contributed by atoms with Crippen LogP contribution in [0.3, 0.4) is 0 Å². The fourth-order valence-electron chi connectivity index (χ4n) is 3.98. The maximum Gasteiger partial charge on any atom is 0.243 e. The fourth-order valence-corrected chi connectivity index (χ4v) is 5.57. The molecular weight excluding hydrogens is 312 g/mol. The average molecular weight is 334 g/mol. The van der Waals surface area contributed by atoms with Crippen LogP contribution in [0.25, 0.3) is 10.4 Å². The van der Waals surface area contributed by atoms with Crippen LogP contribution in [0.1, 0.15) is 37.7 Å². The third kappa shape index (κ3) is 3.22. The first-order chi connectivity index (χ1) is 11.0. The Morgan fingerprint density at radius 1 is 1.26 bits per heavy atom. The fraction of sp³-hybridized carbons (Fsp3) is 0.625. The number of hydrogen-bond acceptors (Lipinski definition) is 3. The smallest absolute Gasteiger partial charge is 0.207 e. The standard InChI is InChI=1S/C16H22N4O2S/c1-13-4-6-15(7-5-13)23(21,22)20-11-14(18-19-17)10-16(12-20)8-2-3-9-16/h4-7,14H,2-3,8-12H2,1H3/t14-/m1/s1. The maximum absolute atomic E-state index is 13.0. The van der Waals surface area contributed by atoms with Crippen molar-refractivity contribution in [1.29, 1.82) is 0 Å². The monoisotopic (exact) mass is 334 g/mol. The number of benzene rings is 1. The van der Waals surface area contributed by atoms with Crippen molar-refractivity contribution in [3.63, 3.8) is 0 Å². The van der Waals surface area contributed by atoms with Gasteiger partial charge in [-0.2, -0.15) is 4.31 Å². The van der Waals surface area contributed by atoms with Gasteiger partial charge in [-0.3, -0.25) is 0 Å². The molecule has 6 nitrogen and oxygen atoms in total. The van der Waals surface area contributed by atoms with Crippen molar-refractivity contribution in [2.24, 2.45) is 10.5 Å². The van der Waals surface area contributed by atoms with Gasteiger partial charge in [-0.15, -0.1) is 0 Å². The van der Waals surface area contributed by atoms with Crippen LogP contribution in [0.5, 0.6) is 0 Å². The van der Waals surface area contributed by atoms with Gasteiger partial charge in [-0.25, -0.2) is 8.42 Å². The molecule has 1 heterocycles. The molecule has 0 bridgehead atoms. The summed E-state index contributed by atoms with van der Waals surface area (Å²) in [6.45, 7) is 2.76. The predicted molar refractivity (Wildman–Crippen MR) is 88.4 cm³/mol. The van der Waals surface area contributed by atoms with Crippen molar-refractivity contribution in [1.82, 2.24) is 4.31 Å². The number of rotatable bonds is 3. The molecule has 1 aromatic rings. The molecule has 0 radical (unpaired) electrons. The number of sulfonamides is 1. The molecule has 2 fully saturated rings. The van der Waals surface area contributed by atoms with Gasteiger partial charge < -0.3 is 0 Å². The highest BCUT2D eigenvalue weighted by Crippen LogP contribution is 2.46. The molecule has 1 aliphatic carbocycles. The van der Waals surface area contributed by atoms with Gasteiger partial charge >= 0.3 is 0 Å². The maximum atomic E-state index is 13.0. The summed E-state index contributed by atoms with van der Waals surface area (Å²) in [7, 11) is -3.54. The molecule has 1 aromatic carbocycles. The number of piperidine rings is 1. The van der Waals surface area contributed by atoms with Crippen molar-refractivity contribution in [3.05, 3.63) is 40.3 Å². The van der Waals surface area contributed by atoms with E-state index in [1.54, 1.807) is 12.1 Å². The van der Waals surface area contributed by atoms with Crippen molar-refractivity contribution in [2.45, 2.75) is 50.0 Å². The minimum Gasteiger partial charge on any atom is -0.207 e. The van der Waals surface area contributed by atoms with E-state index in [4.69, 9.17) is 5.53 Å². The topological polar surface area (TPSA) is 86.1 Å². The van der Waals surface area contributed by atoms with Crippen LogP contribution in [-0.4, -0.2) is 31.9 Å². The van der Waals surface area contributed by atoms with E-state index in [-0.39, 0.29) is 18.0 Å². The van der Waals surface area contributed by atoms with E-state index >= 15 is 0 Å². The van der Waals surface area contributed by atoms with Crippen LogP contribution in [-0.2, 0) is 10.0 Å². The lowest BCUT2D eigenvalue weighted by Crippen LogP contribution is -2.50. The van der Waals surface area contributed by atoms with E-state index < -0.39 is 10.0 Å². The van der Waals surface area contributed by atoms with Crippen molar-refractivity contribution in [3.8, 4) is 0 Å². The molecule has 1 aliphatic heterocycles. The molecule has 3 rings (SSSR count). The lowest BCUT2D eigenvalue weighted by Gasteiger charge is -2.42. The first-order valence-corrected chi connectivity index (χ1v) is 9.50. The zero-order valence-electron chi connectivity index (χ0n) is 13.4. The van der Waals surface area contributed by atoms with E-state index in [0.29, 0.717) is 11.4 Å². The van der Waals surface area contributed by atoms with Crippen LogP contribution in [0, 0.1) is 12.3 Å². The Morgan fingerprint density at radius 3 is 2.52 bits per heavy atom. The van der Waals surface area contributed by atoms with Crippen molar-refractivity contribution in [2.75, 3.05) is 13.1 Å². The second-order valence-electron chi connectivity index (χ2n) is 6.88. The van der Waals surface area contributed by atoms with Gasteiger partial charge in [-0.1, -0.05) is 35.7 Å². The molecule has 1 spiro atoms. The summed E-state index contributed by atoms with van der Waals surface area (Å²) < 4.78 is 27.5. The lowest BCUT2D eigenvalue weighted by atomic mass is 9.77. The minimum absolute atomic E-state index is 0.0190. The molecule has 1 saturated heterocycles. The summed E-state index contributed by atoms with van der Waals surface area (Å²) in [6.07, 6.45) is 5.09. The SMILES string of the molecule is Cc1ccc(S(=O)(=O)N2C[C@H](N=[N+]=[N-])CC3(CCCC3)C2)cc1. The first-order valence-electron chi connectivity index (χ1n) is 8.06. The molecule has 1 atom stereocenters. The summed E-state index contributed by atoms with van der Waals surface area (Å²) >= 11 is 0. The van der Waals surface area contributed by atoms with Gasteiger partial charge in [0.2, 0.25) is 10.0 Å². The van der Waals surface area contributed by atoms with Gasteiger partial charge in [0.1, 0.15) is 0 Å². The molecule has 0 aromatic heterocycles. The van der Waals surface area contributed by atoms with Gasteiger partial charge in [0, 0.05) is 18.0 Å². The Hall–Kier alpha value is -1.56. The van der Waals surface area contributed by atoms with Crippen LogP contribution < -0.4 is 0 Å². The third-order valence-electron chi connectivity index (χ3n) is 5.13. The van der Waals surface area contributed by atoms with Crippen molar-refractivity contribution >= 4 is 10.0 Å². The van der Waals surface area contributed by atoms with Gasteiger partial charge in [0.25, 0.3) is 0 Å². The largest absolute Gasteiger partial charge is 0.243 e. The molecule has 0 N–H and O–H groups in total. The van der Waals surface area contributed by atoms with Crippen LogP contribution in [0.15, 0.2) is 34.3 Å². The Morgan fingerprint density at radius 2 is 1.91 bits per heavy atom. The summed E-state index contributed by atoms with van der Waals surface area (Å²) in [6, 6.07) is 6.67. The lowest BCUT2D eigenvalue weighted by molar-refractivity contribution is 0.135. The number of aryl methyl sites for hydroxylation is 1. The Bertz CT molecular complexity index is 717. The van der Waals surface area contributed by atoms with Gasteiger partial charge in [-0.05, 0) is 49.3 Å². The summed E-state index contributed by atoms with van der Waals surface area (Å²) in [5.41, 5.74) is 9.79. The summed E-state index contributed by atoms with van der Waals surface area (Å²) in [5, 5.41) is 3.85. The molecule has 0 amide bonds. The third-order valence-corrected chi connectivity index (χ3v) is 6.96. The highest BCUT2D eigenvalue weighted by atomic mass is 32.2. The Labute approximate surface area is 137 Å². The second-order valence-corrected chi connectivity index (χ2v) is 8.82. The van der Waals surface area contributed by atoms with Crippen LogP contribution >= 0.6 is 0 Å². The van der Waals surface area contributed by atoms with E-state index in [2.05, 4.69) is 10.0 Å². The summed E-state index contributed by atoms with van der Waals surface area (Å²) in [5.74, 6) is 0. The number of nitrogens with zero attached hydrogens (tertiary/aromatic N) is 4. The molecule has 1 saturated carbocycles. The summed E-state index contributed by atoms with van der Waals surface area (Å²) in [4.78, 5) is 3.24. The van der Waals surface area contributed by atoms with Crippen molar-refractivity contribution < 1.29 is 8.42 Å². The molecule has 0 unspecified atom stereocenters. The highest BCUT2D eigenvalue weighted by molar-refractivity contribution is 7.89. The Kier molecular flexibility index (Phi) is 4.36. The van der Waals surface area contributed by atoms with Gasteiger partial charge in [0.05, 0.1) is 10.9 Å². The van der Waals surface area contributed by atoms with E-state index in [9.17, 15) is 8.42 Å². The molecule has 23 heavy (non-hydrogen) atoms. The van der Waals surface area contributed by atoms with E-state index in [1.165, 1.54) is 4.31 Å². The van der Waals surface area contributed by atoms with Gasteiger partial charge in [0.15, 0.2) is 0 Å². The molecule has 124 valence electrons. The van der Waals surface area contributed by atoms with Crippen LogP contribution in [0.2, 0.25) is 0 Å². The highest BCUT2D eigenvalue weighted by Gasteiger charge is 2.44. The molecule has 2 aliphatic rings. The second kappa shape index (κ2) is 6.15. The Balaban J connectivity index is 1.93. The number of azide groups is 1. The van der Waals surface area contributed by atoms with E-state index in [1.807, 2.05) is 19.1 Å². The normalized spacial score (nSPS) is 24.5. The first kappa shape index (κ1) is 16.3. The van der Waals surface area contributed by atoms with Crippen LogP contribution in [0.4, 0.5) is 0 Å². The number of hydrogen-bond donors (Lipinski definition) is 0. The van der Waals surface area contributed by atoms with E-state index in [0.717, 1.165) is 37.7 Å². The average Bonchev–Trinajstić information content (AvgIpc) is 2.95. The molecule has 7 heteroatoms. The molecular formula is C16H22N4O2S. The quantitative estimate of drug-likeness (QED) is 0.480. The zero-order valence-corrected chi connectivity index (χ0v) is 14.2. The predicted octanol–water partition coefficient (Wildman–Crippen LogP) is 3.63. The zero-order chi connectivity index (χ0) is 16.5.